The van der Waals surface area contributed by atoms with Crippen molar-refractivity contribution in [2.24, 2.45) is 0 Å². The minimum absolute atomic E-state index is 0.0528. The standard InChI is InChI=1S/C25H31N5O5S/c1-27(2)14-15-29(25-26-22-20(34-3)10-11-21(35-4)23(22)36-25)24(31)17-8-9-18(19(16-17)30(32)33)28-12-6-5-7-13-28/h8-11,16H,5-7,12-15H2,1-4H3. The molecule has 2 aromatic carbocycles. The molecule has 0 saturated carbocycles. The molecular formula is C25H31N5O5S. The molecule has 4 rings (SSSR count). The first kappa shape index (κ1) is 25.6. The molecule has 1 aliphatic heterocycles. The highest BCUT2D eigenvalue weighted by Crippen LogP contribution is 2.40. The van der Waals surface area contributed by atoms with Crippen molar-refractivity contribution in [3.05, 3.63) is 46.0 Å². The van der Waals surface area contributed by atoms with Gasteiger partial charge in [-0.3, -0.25) is 19.8 Å². The number of amides is 1. The van der Waals surface area contributed by atoms with Gasteiger partial charge in [-0.2, -0.15) is 0 Å². The van der Waals surface area contributed by atoms with E-state index < -0.39 is 4.92 Å². The van der Waals surface area contributed by atoms with E-state index in [4.69, 9.17) is 14.5 Å². The van der Waals surface area contributed by atoms with Crippen molar-refractivity contribution in [2.45, 2.75) is 19.3 Å². The Morgan fingerprint density at radius 2 is 1.78 bits per heavy atom. The number of rotatable bonds is 9. The van der Waals surface area contributed by atoms with Crippen LogP contribution < -0.4 is 19.3 Å². The SMILES string of the molecule is COc1ccc(OC)c2sc(N(CCN(C)C)C(=O)c3ccc(N4CCCCC4)c([N+](=O)[O-])c3)nc12. The van der Waals surface area contributed by atoms with Crippen molar-refractivity contribution in [1.29, 1.82) is 0 Å². The van der Waals surface area contributed by atoms with Gasteiger partial charge in [-0.1, -0.05) is 11.3 Å². The number of fused-ring (bicyclic) bond motifs is 1. The summed E-state index contributed by atoms with van der Waals surface area (Å²) < 4.78 is 11.7. The summed E-state index contributed by atoms with van der Waals surface area (Å²) in [6.07, 6.45) is 3.13. The maximum atomic E-state index is 13.8. The van der Waals surface area contributed by atoms with Gasteiger partial charge in [-0.25, -0.2) is 4.98 Å². The minimum Gasteiger partial charge on any atom is -0.495 e. The smallest absolute Gasteiger partial charge is 0.293 e. The van der Waals surface area contributed by atoms with Crippen LogP contribution in [0.15, 0.2) is 30.3 Å². The van der Waals surface area contributed by atoms with Gasteiger partial charge in [0.2, 0.25) is 0 Å². The quantitative estimate of drug-likeness (QED) is 0.306. The highest BCUT2D eigenvalue weighted by Gasteiger charge is 2.27. The Balaban J connectivity index is 1.75. The third-order valence-electron chi connectivity index (χ3n) is 6.26. The zero-order valence-electron chi connectivity index (χ0n) is 21.0. The first-order valence-electron chi connectivity index (χ1n) is 11.9. The number of carbonyl (C=O) groups excluding carboxylic acids is 1. The molecule has 10 nitrogen and oxygen atoms in total. The lowest BCUT2D eigenvalue weighted by molar-refractivity contribution is -0.384. The van der Waals surface area contributed by atoms with Crippen molar-refractivity contribution in [1.82, 2.24) is 9.88 Å². The number of nitro groups is 1. The van der Waals surface area contributed by atoms with Crippen molar-refractivity contribution in [3.63, 3.8) is 0 Å². The number of hydrogen-bond donors (Lipinski definition) is 0. The van der Waals surface area contributed by atoms with Crippen LogP contribution in [0.2, 0.25) is 0 Å². The van der Waals surface area contributed by atoms with E-state index in [2.05, 4.69) is 0 Å². The number of methoxy groups -OCH3 is 2. The van der Waals surface area contributed by atoms with Crippen LogP contribution in [0.4, 0.5) is 16.5 Å². The van der Waals surface area contributed by atoms with Crippen LogP contribution >= 0.6 is 11.3 Å². The van der Waals surface area contributed by atoms with Crippen molar-refractivity contribution < 1.29 is 19.2 Å². The molecule has 1 aliphatic rings. The third kappa shape index (κ3) is 5.21. The van der Waals surface area contributed by atoms with Crippen LogP contribution in [0, 0.1) is 10.1 Å². The molecule has 0 radical (unpaired) electrons. The number of carbonyl (C=O) groups is 1. The summed E-state index contributed by atoms with van der Waals surface area (Å²) in [7, 11) is 6.99. The second kappa shape index (κ2) is 11.1. The van der Waals surface area contributed by atoms with Crippen LogP contribution in [0.5, 0.6) is 11.5 Å². The molecule has 1 saturated heterocycles. The topological polar surface area (TPSA) is 101 Å². The average Bonchev–Trinajstić information content (AvgIpc) is 3.33. The lowest BCUT2D eigenvalue weighted by atomic mass is 10.1. The van der Waals surface area contributed by atoms with Crippen LogP contribution in [0.3, 0.4) is 0 Å². The highest BCUT2D eigenvalue weighted by atomic mass is 32.1. The summed E-state index contributed by atoms with van der Waals surface area (Å²) >= 11 is 1.33. The Bertz CT molecular complexity index is 1210. The number of piperidine rings is 1. The fourth-order valence-corrected chi connectivity index (χ4v) is 5.43. The van der Waals surface area contributed by atoms with Crippen molar-refractivity contribution in [3.8, 4) is 11.5 Å². The van der Waals surface area contributed by atoms with E-state index in [1.807, 2.05) is 23.9 Å². The molecule has 0 aliphatic carbocycles. The monoisotopic (exact) mass is 513 g/mol. The van der Waals surface area contributed by atoms with Gasteiger partial charge < -0.3 is 19.3 Å². The number of hydrogen-bond acceptors (Lipinski definition) is 9. The van der Waals surface area contributed by atoms with Crippen LogP contribution in [0.25, 0.3) is 10.2 Å². The van der Waals surface area contributed by atoms with E-state index in [0.717, 1.165) is 37.1 Å². The highest BCUT2D eigenvalue weighted by molar-refractivity contribution is 7.22. The van der Waals surface area contributed by atoms with Crippen LogP contribution in [-0.2, 0) is 0 Å². The van der Waals surface area contributed by atoms with Gasteiger partial charge in [0, 0.05) is 37.8 Å². The first-order chi connectivity index (χ1) is 17.3. The molecule has 192 valence electrons. The number of thiazole rings is 1. The number of anilines is 2. The maximum Gasteiger partial charge on any atom is 0.293 e. The molecule has 0 unspecified atom stereocenters. The molecule has 0 bridgehead atoms. The van der Waals surface area contributed by atoms with Gasteiger partial charge in [0.1, 0.15) is 27.4 Å². The summed E-state index contributed by atoms with van der Waals surface area (Å²) in [5.41, 5.74) is 1.36. The van der Waals surface area contributed by atoms with Gasteiger partial charge >= 0.3 is 0 Å². The molecule has 3 aromatic rings. The maximum absolute atomic E-state index is 13.8. The lowest BCUT2D eigenvalue weighted by Gasteiger charge is -2.28. The Labute approximate surface area is 214 Å². The van der Waals surface area contributed by atoms with Gasteiger partial charge in [0.05, 0.1) is 19.1 Å². The molecule has 0 spiro atoms. The molecule has 11 heteroatoms. The van der Waals surface area contributed by atoms with E-state index in [0.29, 0.717) is 40.9 Å². The van der Waals surface area contributed by atoms with Gasteiger partial charge in [0.25, 0.3) is 11.6 Å². The van der Waals surface area contributed by atoms with E-state index in [1.54, 1.807) is 43.4 Å². The van der Waals surface area contributed by atoms with E-state index in [9.17, 15) is 14.9 Å². The average molecular weight is 514 g/mol. The van der Waals surface area contributed by atoms with Crippen molar-refractivity contribution >= 4 is 44.0 Å². The summed E-state index contributed by atoms with van der Waals surface area (Å²) in [6, 6.07) is 8.35. The molecule has 2 heterocycles. The van der Waals surface area contributed by atoms with Crippen LogP contribution in [0.1, 0.15) is 29.6 Å². The second-order valence-corrected chi connectivity index (χ2v) is 9.89. The van der Waals surface area contributed by atoms with Crippen molar-refractivity contribution in [2.75, 3.05) is 64.3 Å². The fourth-order valence-electron chi connectivity index (χ4n) is 4.33. The lowest BCUT2D eigenvalue weighted by Crippen LogP contribution is -2.37. The van der Waals surface area contributed by atoms with Crippen LogP contribution in [-0.4, -0.2) is 75.2 Å². The number of nitro benzene ring substituents is 1. The number of benzene rings is 2. The third-order valence-corrected chi connectivity index (χ3v) is 7.35. The summed E-state index contributed by atoms with van der Waals surface area (Å²) in [5.74, 6) is 0.869. The minimum atomic E-state index is -0.404. The van der Waals surface area contributed by atoms with Gasteiger partial charge in [-0.05, 0) is 57.6 Å². The predicted octanol–water partition coefficient (Wildman–Crippen LogP) is 4.42. The van der Waals surface area contributed by atoms with Gasteiger partial charge in [-0.15, -0.1) is 0 Å². The molecular weight excluding hydrogens is 482 g/mol. The zero-order valence-corrected chi connectivity index (χ0v) is 21.8. The van der Waals surface area contributed by atoms with E-state index >= 15 is 0 Å². The summed E-state index contributed by atoms with van der Waals surface area (Å²) in [5, 5.41) is 12.4. The zero-order chi connectivity index (χ0) is 25.8. The molecule has 1 aromatic heterocycles. The van der Waals surface area contributed by atoms with Gasteiger partial charge in [0.15, 0.2) is 5.13 Å². The molecule has 1 amide bonds. The fraction of sp³-hybridized carbons (Fsp3) is 0.440. The number of aromatic nitrogens is 1. The second-order valence-electron chi connectivity index (χ2n) is 8.91. The Hall–Kier alpha value is -3.44. The Morgan fingerprint density at radius 3 is 2.42 bits per heavy atom. The number of ether oxygens (including phenoxy) is 2. The van der Waals surface area contributed by atoms with E-state index in [1.165, 1.54) is 17.4 Å². The summed E-state index contributed by atoms with van der Waals surface area (Å²) in [6.45, 7) is 2.50. The molecule has 1 fully saturated rings. The molecule has 0 N–H and O–H groups in total. The number of likely N-dealkylation sites (N-methyl/N-ethyl adjacent to an activating group) is 1. The molecule has 0 atom stereocenters. The molecule has 36 heavy (non-hydrogen) atoms. The Kier molecular flexibility index (Phi) is 7.90. The first-order valence-corrected chi connectivity index (χ1v) is 12.7. The predicted molar refractivity (Wildman–Crippen MR) is 142 cm³/mol. The summed E-state index contributed by atoms with van der Waals surface area (Å²) in [4.78, 5) is 35.6. The normalized spacial score (nSPS) is 13.8. The number of nitrogens with zero attached hydrogens (tertiary/aromatic N) is 5. The van der Waals surface area contributed by atoms with E-state index in [-0.39, 0.29) is 17.2 Å². The Morgan fingerprint density at radius 1 is 1.08 bits per heavy atom. The largest absolute Gasteiger partial charge is 0.495 e.